The Morgan fingerprint density at radius 3 is 2.38 bits per heavy atom. The highest BCUT2D eigenvalue weighted by Gasteiger charge is 2.22. The van der Waals surface area contributed by atoms with Crippen LogP contribution in [0.2, 0.25) is 0 Å². The second-order valence-corrected chi connectivity index (χ2v) is 9.40. The molecule has 1 unspecified atom stereocenters. The minimum Gasteiger partial charge on any atom is -0.497 e. The van der Waals surface area contributed by atoms with Crippen LogP contribution in [0.25, 0.3) is 0 Å². The Kier molecular flexibility index (Phi) is 6.47. The summed E-state index contributed by atoms with van der Waals surface area (Å²) in [5.41, 5.74) is 4.20. The Balaban J connectivity index is 1.71. The van der Waals surface area contributed by atoms with Gasteiger partial charge in [0.25, 0.3) is 0 Å². The normalized spacial score (nSPS) is 14.6. The first-order valence-corrected chi connectivity index (χ1v) is 11.7. The molecule has 0 heterocycles. The number of nitrogens with one attached hydrogen (secondary N) is 1. The Hall–Kier alpha value is -2.54. The van der Waals surface area contributed by atoms with Crippen molar-refractivity contribution in [3.8, 4) is 5.75 Å². The fourth-order valence-electron chi connectivity index (χ4n) is 3.67. The van der Waals surface area contributed by atoms with Crippen LogP contribution in [0, 0.1) is 0 Å². The van der Waals surface area contributed by atoms with Gasteiger partial charge in [-0.1, -0.05) is 18.2 Å². The summed E-state index contributed by atoms with van der Waals surface area (Å²) in [4.78, 5) is 12.6. The molecule has 7 heteroatoms. The fraction of sp³-hybridized carbons (Fsp3) is 0.409. The molecule has 3 rings (SSSR count). The van der Waals surface area contributed by atoms with Crippen molar-refractivity contribution in [2.45, 2.75) is 38.6 Å². The van der Waals surface area contributed by atoms with Gasteiger partial charge in [0.1, 0.15) is 12.3 Å². The van der Waals surface area contributed by atoms with Crippen molar-refractivity contribution in [3.63, 3.8) is 0 Å². The van der Waals surface area contributed by atoms with Crippen LogP contribution in [-0.4, -0.2) is 34.2 Å². The van der Waals surface area contributed by atoms with Crippen LogP contribution in [0.15, 0.2) is 42.5 Å². The number of aryl methyl sites for hydroxylation is 2. The van der Waals surface area contributed by atoms with Crippen LogP contribution in [0.1, 0.15) is 42.5 Å². The SMILES string of the molecule is COc1ccc(N(CC(=O)NC(C)c2ccc3c(c2)CCCC3)S(C)(=O)=O)cc1. The number of carbonyl (C=O) groups is 1. The Morgan fingerprint density at radius 2 is 1.76 bits per heavy atom. The highest BCUT2D eigenvalue weighted by atomic mass is 32.2. The van der Waals surface area contributed by atoms with Crippen LogP contribution in [0.4, 0.5) is 5.69 Å². The molecule has 1 atom stereocenters. The lowest BCUT2D eigenvalue weighted by Gasteiger charge is -2.24. The molecule has 0 aromatic heterocycles. The minimum atomic E-state index is -3.61. The van der Waals surface area contributed by atoms with Crippen LogP contribution in [0.5, 0.6) is 5.75 Å². The smallest absolute Gasteiger partial charge is 0.241 e. The van der Waals surface area contributed by atoms with Gasteiger partial charge < -0.3 is 10.1 Å². The van der Waals surface area contributed by atoms with Crippen molar-refractivity contribution in [1.82, 2.24) is 5.32 Å². The molecule has 2 aromatic rings. The molecular formula is C22H28N2O4S. The average molecular weight is 417 g/mol. The number of anilines is 1. The van der Waals surface area contributed by atoms with E-state index in [1.807, 2.05) is 13.0 Å². The van der Waals surface area contributed by atoms with Crippen molar-refractivity contribution in [2.75, 3.05) is 24.2 Å². The second-order valence-electron chi connectivity index (χ2n) is 7.49. The average Bonchev–Trinajstić information content (AvgIpc) is 2.71. The number of nitrogens with zero attached hydrogens (tertiary/aromatic N) is 1. The van der Waals surface area contributed by atoms with Crippen molar-refractivity contribution >= 4 is 21.6 Å². The standard InChI is InChI=1S/C22H28N2O4S/c1-16(18-9-8-17-6-4-5-7-19(17)14-18)23-22(25)15-24(29(3,26)27)20-10-12-21(28-2)13-11-20/h8-14,16H,4-7,15H2,1-3H3,(H,23,25). The topological polar surface area (TPSA) is 75.7 Å². The van der Waals surface area contributed by atoms with E-state index in [1.54, 1.807) is 31.4 Å². The van der Waals surface area contributed by atoms with Gasteiger partial charge in [0.2, 0.25) is 15.9 Å². The highest BCUT2D eigenvalue weighted by Crippen LogP contribution is 2.25. The largest absolute Gasteiger partial charge is 0.497 e. The number of hydrogen-bond donors (Lipinski definition) is 1. The quantitative estimate of drug-likeness (QED) is 0.752. The van der Waals surface area contributed by atoms with Crippen molar-refractivity contribution in [3.05, 3.63) is 59.2 Å². The molecule has 0 saturated heterocycles. The summed E-state index contributed by atoms with van der Waals surface area (Å²) in [6.07, 6.45) is 5.70. The van der Waals surface area contributed by atoms with Crippen molar-refractivity contribution in [1.29, 1.82) is 0 Å². The first-order valence-electron chi connectivity index (χ1n) is 9.81. The summed E-state index contributed by atoms with van der Waals surface area (Å²) in [7, 11) is -2.07. The number of hydrogen-bond acceptors (Lipinski definition) is 4. The summed E-state index contributed by atoms with van der Waals surface area (Å²) in [6.45, 7) is 1.64. The summed E-state index contributed by atoms with van der Waals surface area (Å²) in [5, 5.41) is 2.93. The minimum absolute atomic E-state index is 0.202. The zero-order valence-electron chi connectivity index (χ0n) is 17.1. The highest BCUT2D eigenvalue weighted by molar-refractivity contribution is 7.92. The molecule has 1 amide bonds. The van der Waals surface area contributed by atoms with Gasteiger partial charge in [0.05, 0.1) is 25.1 Å². The molecule has 0 radical (unpaired) electrons. The van der Waals surface area contributed by atoms with E-state index in [0.717, 1.165) is 29.0 Å². The van der Waals surface area contributed by atoms with Crippen LogP contribution >= 0.6 is 0 Å². The third-order valence-electron chi connectivity index (χ3n) is 5.30. The van der Waals surface area contributed by atoms with Gasteiger partial charge >= 0.3 is 0 Å². The Morgan fingerprint density at radius 1 is 1.10 bits per heavy atom. The Bertz CT molecular complexity index is 971. The third-order valence-corrected chi connectivity index (χ3v) is 6.44. The number of ether oxygens (including phenoxy) is 1. The van der Waals surface area contributed by atoms with Crippen LogP contribution in [-0.2, 0) is 27.7 Å². The van der Waals surface area contributed by atoms with Crippen LogP contribution < -0.4 is 14.4 Å². The zero-order chi connectivity index (χ0) is 21.0. The van der Waals surface area contributed by atoms with E-state index in [9.17, 15) is 13.2 Å². The lowest BCUT2D eigenvalue weighted by atomic mass is 9.89. The fourth-order valence-corrected chi connectivity index (χ4v) is 4.53. The zero-order valence-corrected chi connectivity index (χ0v) is 18.0. The van der Waals surface area contributed by atoms with Gasteiger partial charge in [-0.25, -0.2) is 8.42 Å². The van der Waals surface area contributed by atoms with E-state index in [2.05, 4.69) is 17.4 Å². The molecule has 0 bridgehead atoms. The predicted molar refractivity (Wildman–Crippen MR) is 115 cm³/mol. The first kappa shape index (κ1) is 21.2. The number of fused-ring (bicyclic) bond motifs is 1. The van der Waals surface area contributed by atoms with Gasteiger partial charge in [-0.3, -0.25) is 9.10 Å². The molecule has 29 heavy (non-hydrogen) atoms. The van der Waals surface area contributed by atoms with E-state index < -0.39 is 10.0 Å². The van der Waals surface area contributed by atoms with Gasteiger partial charge in [-0.05, 0) is 73.6 Å². The number of sulfonamides is 1. The summed E-state index contributed by atoms with van der Waals surface area (Å²) in [6, 6.07) is 12.7. The Labute approximate surface area is 172 Å². The number of rotatable bonds is 7. The monoisotopic (exact) mass is 416 g/mol. The maximum absolute atomic E-state index is 12.6. The van der Waals surface area contributed by atoms with E-state index in [0.29, 0.717) is 11.4 Å². The molecule has 0 spiro atoms. The molecule has 1 aliphatic carbocycles. The van der Waals surface area contributed by atoms with Crippen molar-refractivity contribution < 1.29 is 17.9 Å². The molecule has 0 aliphatic heterocycles. The number of methoxy groups -OCH3 is 1. The molecule has 1 aliphatic rings. The van der Waals surface area contributed by atoms with Crippen molar-refractivity contribution in [2.24, 2.45) is 0 Å². The van der Waals surface area contributed by atoms with Gasteiger partial charge in [0, 0.05) is 0 Å². The van der Waals surface area contributed by atoms with E-state index >= 15 is 0 Å². The van der Waals surface area contributed by atoms with E-state index in [-0.39, 0.29) is 18.5 Å². The second kappa shape index (κ2) is 8.86. The number of amides is 1. The lowest BCUT2D eigenvalue weighted by molar-refractivity contribution is -0.120. The molecule has 6 nitrogen and oxygen atoms in total. The van der Waals surface area contributed by atoms with E-state index in [4.69, 9.17) is 4.74 Å². The molecule has 1 N–H and O–H groups in total. The first-order chi connectivity index (χ1) is 13.8. The van der Waals surface area contributed by atoms with E-state index in [1.165, 1.54) is 24.0 Å². The van der Waals surface area contributed by atoms with Gasteiger partial charge in [-0.2, -0.15) is 0 Å². The molecule has 0 fully saturated rings. The number of benzene rings is 2. The maximum atomic E-state index is 12.6. The summed E-state index contributed by atoms with van der Waals surface area (Å²) < 4.78 is 30.7. The van der Waals surface area contributed by atoms with Gasteiger partial charge in [-0.15, -0.1) is 0 Å². The predicted octanol–water partition coefficient (Wildman–Crippen LogP) is 3.22. The maximum Gasteiger partial charge on any atom is 0.241 e. The summed E-state index contributed by atoms with van der Waals surface area (Å²) >= 11 is 0. The third kappa shape index (κ3) is 5.29. The lowest BCUT2D eigenvalue weighted by Crippen LogP contribution is -2.41. The molecular weight excluding hydrogens is 388 g/mol. The van der Waals surface area contributed by atoms with Crippen LogP contribution in [0.3, 0.4) is 0 Å². The van der Waals surface area contributed by atoms with Gasteiger partial charge in [0.15, 0.2) is 0 Å². The summed E-state index contributed by atoms with van der Waals surface area (Å²) in [5.74, 6) is 0.268. The molecule has 2 aromatic carbocycles. The number of carbonyl (C=O) groups excluding carboxylic acids is 1. The molecule has 0 saturated carbocycles. The molecule has 156 valence electrons.